The second-order valence-corrected chi connectivity index (χ2v) is 10.5. The van der Waals surface area contributed by atoms with Crippen molar-refractivity contribution in [2.75, 3.05) is 5.32 Å². The number of carbonyl (C=O) groups is 2. The highest BCUT2D eigenvalue weighted by Crippen LogP contribution is 2.35. The highest BCUT2D eigenvalue weighted by molar-refractivity contribution is 6.05. The summed E-state index contributed by atoms with van der Waals surface area (Å²) in [6.07, 6.45) is 13.6. The molecular weight excluding hydrogens is 502 g/mol. The van der Waals surface area contributed by atoms with E-state index in [1.54, 1.807) is 42.6 Å². The van der Waals surface area contributed by atoms with Crippen LogP contribution in [-0.2, 0) is 4.79 Å². The van der Waals surface area contributed by atoms with Gasteiger partial charge in [-0.05, 0) is 73.9 Å². The maximum absolute atomic E-state index is 12.7. The minimum atomic E-state index is -0.255. The number of H-pyrrole nitrogens is 1. The van der Waals surface area contributed by atoms with Crippen LogP contribution in [0.4, 0.5) is 5.82 Å². The van der Waals surface area contributed by atoms with Crippen LogP contribution in [0.25, 0.3) is 11.0 Å². The predicted octanol–water partition coefficient (Wildman–Crippen LogP) is 6.94. The number of allylic oxidation sites excluding steroid dienone is 4. The molecule has 4 rings (SSSR count). The van der Waals surface area contributed by atoms with E-state index in [0.29, 0.717) is 47.6 Å². The third-order valence-corrected chi connectivity index (χ3v) is 7.50. The second kappa shape index (κ2) is 13.7. The number of carbonyl (C=O) groups excluding carboxylic acids is 2. The Balaban J connectivity index is 1.37. The number of fused-ring (bicyclic) bond motifs is 1. The number of hydrogen-bond acceptors (Lipinski definition) is 5. The summed E-state index contributed by atoms with van der Waals surface area (Å²) in [5.41, 5.74) is 2.39. The Kier molecular flexibility index (Phi) is 9.89. The summed E-state index contributed by atoms with van der Waals surface area (Å²) in [4.78, 5) is 37.5. The van der Waals surface area contributed by atoms with Crippen LogP contribution >= 0.6 is 0 Å². The standard InChI is InChI=1S/C32H39N5O3/c1-4-8-22-11-12-23(19-22)13-17-30(39)34-26(28(38)5-2)15-10-21(3)31-35-25-16-14-24(20-27(25)36-31)32(40)37-29-9-6-7-18-33-29/h4,6-7,9-10,14-16,18,20-23,38H,1,5,8,11-13,17,19H2,2-3H3,(H,34,39)(H,35,36)(H,33,37,40)/b15-10-,28-26-. The lowest BCUT2D eigenvalue weighted by Crippen LogP contribution is -2.23. The molecule has 0 aliphatic heterocycles. The van der Waals surface area contributed by atoms with E-state index < -0.39 is 0 Å². The summed E-state index contributed by atoms with van der Waals surface area (Å²) in [7, 11) is 0. The molecule has 40 heavy (non-hydrogen) atoms. The van der Waals surface area contributed by atoms with Crippen molar-refractivity contribution in [2.45, 2.75) is 64.7 Å². The molecule has 1 aliphatic carbocycles. The van der Waals surface area contributed by atoms with Gasteiger partial charge in [0, 0.05) is 30.5 Å². The number of hydrogen-bond donors (Lipinski definition) is 4. The van der Waals surface area contributed by atoms with Crippen LogP contribution in [0.15, 0.2) is 78.9 Å². The van der Waals surface area contributed by atoms with Gasteiger partial charge in [-0.3, -0.25) is 9.59 Å². The van der Waals surface area contributed by atoms with Gasteiger partial charge in [0.15, 0.2) is 0 Å². The van der Waals surface area contributed by atoms with Gasteiger partial charge in [0.25, 0.3) is 5.91 Å². The fourth-order valence-corrected chi connectivity index (χ4v) is 5.18. The first-order valence-corrected chi connectivity index (χ1v) is 14.1. The summed E-state index contributed by atoms with van der Waals surface area (Å²) in [5, 5.41) is 16.2. The van der Waals surface area contributed by atoms with Crippen LogP contribution in [0.5, 0.6) is 0 Å². The summed E-state index contributed by atoms with van der Waals surface area (Å²) in [5.74, 6) is 2.14. The number of aromatic nitrogens is 3. The molecular formula is C32H39N5O3. The third kappa shape index (κ3) is 7.68. The van der Waals surface area contributed by atoms with Gasteiger partial charge in [0.2, 0.25) is 5.91 Å². The summed E-state index contributed by atoms with van der Waals surface area (Å²) < 4.78 is 0. The van der Waals surface area contributed by atoms with Crippen molar-refractivity contribution in [3.05, 3.63) is 90.2 Å². The Morgan fingerprint density at radius 3 is 2.80 bits per heavy atom. The quantitative estimate of drug-likeness (QED) is 0.112. The average Bonchev–Trinajstić information content (AvgIpc) is 3.60. The summed E-state index contributed by atoms with van der Waals surface area (Å²) in [6, 6.07) is 10.6. The highest BCUT2D eigenvalue weighted by atomic mass is 16.3. The van der Waals surface area contributed by atoms with Gasteiger partial charge in [-0.25, -0.2) is 9.97 Å². The Morgan fingerprint density at radius 2 is 2.05 bits per heavy atom. The minimum absolute atomic E-state index is 0.0836. The lowest BCUT2D eigenvalue weighted by molar-refractivity contribution is -0.120. The Labute approximate surface area is 235 Å². The van der Waals surface area contributed by atoms with Gasteiger partial charge in [-0.2, -0.15) is 0 Å². The van der Waals surface area contributed by atoms with Crippen molar-refractivity contribution >= 4 is 28.7 Å². The van der Waals surface area contributed by atoms with Crippen LogP contribution in [-0.4, -0.2) is 31.9 Å². The molecule has 2 amide bonds. The topological polar surface area (TPSA) is 120 Å². The van der Waals surface area contributed by atoms with Crippen LogP contribution in [0.2, 0.25) is 0 Å². The number of imidazole rings is 1. The van der Waals surface area contributed by atoms with E-state index in [1.807, 2.05) is 32.1 Å². The number of rotatable bonds is 12. The van der Waals surface area contributed by atoms with Crippen LogP contribution in [0.3, 0.4) is 0 Å². The Bertz CT molecular complexity index is 1390. The smallest absolute Gasteiger partial charge is 0.256 e. The summed E-state index contributed by atoms with van der Waals surface area (Å²) in [6.45, 7) is 7.66. The van der Waals surface area contributed by atoms with Gasteiger partial charge in [0.1, 0.15) is 17.4 Å². The van der Waals surface area contributed by atoms with Crippen LogP contribution < -0.4 is 10.6 Å². The van der Waals surface area contributed by atoms with E-state index in [4.69, 9.17) is 0 Å². The Hall–Kier alpha value is -4.20. The first-order valence-electron chi connectivity index (χ1n) is 14.1. The van der Waals surface area contributed by atoms with E-state index in [0.717, 1.165) is 30.3 Å². The molecule has 8 heteroatoms. The van der Waals surface area contributed by atoms with Crippen LogP contribution in [0.1, 0.15) is 80.9 Å². The van der Waals surface area contributed by atoms with Crippen molar-refractivity contribution in [3.63, 3.8) is 0 Å². The molecule has 1 fully saturated rings. The highest BCUT2D eigenvalue weighted by Gasteiger charge is 2.24. The lowest BCUT2D eigenvalue weighted by atomic mass is 9.98. The zero-order chi connectivity index (χ0) is 28.5. The molecule has 1 aliphatic rings. The van der Waals surface area contributed by atoms with E-state index in [9.17, 15) is 14.7 Å². The average molecular weight is 542 g/mol. The number of aliphatic hydroxyl groups is 1. The van der Waals surface area contributed by atoms with Gasteiger partial charge < -0.3 is 20.7 Å². The molecule has 3 unspecified atom stereocenters. The number of amides is 2. The predicted molar refractivity (Wildman–Crippen MR) is 159 cm³/mol. The number of aromatic amines is 1. The fourth-order valence-electron chi connectivity index (χ4n) is 5.18. The molecule has 4 N–H and O–H groups in total. The molecule has 1 saturated carbocycles. The molecule has 2 aromatic heterocycles. The molecule has 1 aromatic carbocycles. The molecule has 3 atom stereocenters. The van der Waals surface area contributed by atoms with Gasteiger partial charge in [-0.15, -0.1) is 6.58 Å². The number of benzene rings is 1. The van der Waals surface area contributed by atoms with Gasteiger partial charge >= 0.3 is 0 Å². The molecule has 0 bridgehead atoms. The van der Waals surface area contributed by atoms with Crippen LogP contribution in [0, 0.1) is 11.8 Å². The minimum Gasteiger partial charge on any atom is -0.510 e. The zero-order valence-electron chi connectivity index (χ0n) is 23.3. The van der Waals surface area contributed by atoms with Gasteiger partial charge in [0.05, 0.1) is 16.7 Å². The van der Waals surface area contributed by atoms with Crippen molar-refractivity contribution in [1.82, 2.24) is 20.3 Å². The third-order valence-electron chi connectivity index (χ3n) is 7.50. The maximum Gasteiger partial charge on any atom is 0.256 e. The zero-order valence-corrected chi connectivity index (χ0v) is 23.3. The SMILES string of the molecule is C=CCC1CCC(CCC(=O)NC(/C=C\C(C)c2nc3ccc(C(=O)Nc4ccccn4)cc3[nH]2)=C(\O)CC)C1. The van der Waals surface area contributed by atoms with Crippen molar-refractivity contribution in [2.24, 2.45) is 11.8 Å². The number of pyridine rings is 1. The first kappa shape index (κ1) is 28.8. The summed E-state index contributed by atoms with van der Waals surface area (Å²) >= 11 is 0. The maximum atomic E-state index is 12.7. The van der Waals surface area contributed by atoms with E-state index in [-0.39, 0.29) is 23.5 Å². The molecule has 0 radical (unpaired) electrons. The second-order valence-electron chi connectivity index (χ2n) is 10.5. The molecule has 8 nitrogen and oxygen atoms in total. The lowest BCUT2D eigenvalue weighted by Gasteiger charge is -2.12. The molecule has 0 spiro atoms. The van der Waals surface area contributed by atoms with Crippen molar-refractivity contribution in [1.29, 1.82) is 0 Å². The van der Waals surface area contributed by atoms with Gasteiger partial charge in [-0.1, -0.05) is 38.5 Å². The normalized spacial score (nSPS) is 18.4. The Morgan fingerprint density at radius 1 is 1.23 bits per heavy atom. The van der Waals surface area contributed by atoms with E-state index in [1.165, 1.54) is 12.8 Å². The molecule has 3 aromatic rings. The largest absolute Gasteiger partial charge is 0.510 e. The fraction of sp³-hybridized carbons (Fsp3) is 0.375. The number of nitrogens with one attached hydrogen (secondary N) is 3. The number of nitrogens with zero attached hydrogens (tertiary/aromatic N) is 2. The number of aliphatic hydroxyl groups excluding tert-OH is 1. The molecule has 210 valence electrons. The monoisotopic (exact) mass is 541 g/mol. The molecule has 2 heterocycles. The van der Waals surface area contributed by atoms with Crippen molar-refractivity contribution in [3.8, 4) is 0 Å². The van der Waals surface area contributed by atoms with E-state index in [2.05, 4.69) is 32.2 Å². The first-order chi connectivity index (χ1) is 19.4. The number of anilines is 1. The van der Waals surface area contributed by atoms with E-state index >= 15 is 0 Å². The molecule has 0 saturated heterocycles. The van der Waals surface area contributed by atoms with Crippen molar-refractivity contribution < 1.29 is 14.7 Å².